The number of pyridine rings is 2. The first-order valence-corrected chi connectivity index (χ1v) is 20.3. The first-order chi connectivity index (χ1) is 30.1. The maximum absolute atomic E-state index is 6.85. The van der Waals surface area contributed by atoms with E-state index >= 15 is 0 Å². The second-order valence-corrected chi connectivity index (χ2v) is 14.5. The first kappa shape index (κ1) is 43.1. The zero-order valence-corrected chi connectivity index (χ0v) is 38.7. The average Bonchev–Trinajstić information content (AvgIpc) is 3.65. The summed E-state index contributed by atoms with van der Waals surface area (Å²) in [6, 6.07) is 60.8. The van der Waals surface area contributed by atoms with E-state index in [0.29, 0.717) is 28.9 Å². The Bertz CT molecular complexity index is 2960. The van der Waals surface area contributed by atoms with Gasteiger partial charge in [0.25, 0.3) is 0 Å². The monoisotopic (exact) mass is 1180 g/mol. The van der Waals surface area contributed by atoms with E-state index in [1.54, 1.807) is 30.9 Å². The van der Waals surface area contributed by atoms with Crippen molar-refractivity contribution >= 4 is 21.8 Å². The Morgan fingerprint density at radius 3 is 1.30 bits per heavy atom. The smallest absolute Gasteiger partial charge is 0.502 e. The Labute approximate surface area is 395 Å². The third kappa shape index (κ3) is 8.64. The number of nitrogens with zero attached hydrogens (tertiary/aromatic N) is 5. The van der Waals surface area contributed by atoms with Gasteiger partial charge in [0.15, 0.2) is 0 Å². The van der Waals surface area contributed by atoms with Gasteiger partial charge in [0.2, 0.25) is 5.95 Å². The summed E-state index contributed by atoms with van der Waals surface area (Å²) in [5, 5.41) is 1.87. The van der Waals surface area contributed by atoms with E-state index in [9.17, 15) is 0 Å². The summed E-state index contributed by atoms with van der Waals surface area (Å²) in [6.45, 7) is 4.30. The molecular weight excluding hydrogens is 1140 g/mol. The predicted molar refractivity (Wildman–Crippen MR) is 241 cm³/mol. The Hall–Kier alpha value is -6.52. The quantitative estimate of drug-likeness (QED) is 0.120. The molecule has 9 heteroatoms. The zero-order valence-electron chi connectivity index (χ0n) is 34.2. The van der Waals surface area contributed by atoms with Crippen LogP contribution in [-0.4, -0.2) is 24.5 Å². The number of fused-ring (bicyclic) bond motifs is 3. The normalized spacial score (nSPS) is 10.9. The van der Waals surface area contributed by atoms with Crippen molar-refractivity contribution in [2.24, 2.45) is 0 Å². The largest absolute Gasteiger partial charge is 2.00 e. The van der Waals surface area contributed by atoms with E-state index in [2.05, 4.69) is 84.5 Å². The van der Waals surface area contributed by atoms with Gasteiger partial charge in [-0.05, 0) is 42.4 Å². The molecule has 0 spiro atoms. The molecule has 0 unspecified atom stereocenters. The van der Waals surface area contributed by atoms with E-state index in [4.69, 9.17) is 19.4 Å². The molecule has 0 saturated carbocycles. The first-order valence-electron chi connectivity index (χ1n) is 20.3. The molecule has 0 N–H and O–H groups in total. The van der Waals surface area contributed by atoms with Gasteiger partial charge in [0.05, 0.1) is 0 Å². The molecule has 6 aromatic carbocycles. The summed E-state index contributed by atoms with van der Waals surface area (Å²) in [5.41, 5.74) is 11.1. The standard InChI is InChI=1S/C54H37N5O2.2Pt/c1-3-36-30-40(46-20-11-13-26-55-46)32-50(52(36)38-16-7-5-8-17-38)60-42-22-24-44-45-25-23-43(35-49(45)59(48(44)34-42)54-57-28-15-29-58-54)61-51-33-41(47-21-12-14-27-56-47)31-37(4-2)53(51)39-18-9-6-10-19-39;;/h5-31H,3-4H2,1-2H3;;/q-4;2*+2. The number of hydrogen-bond donors (Lipinski definition) is 0. The number of aromatic nitrogens is 5. The van der Waals surface area contributed by atoms with Crippen LogP contribution >= 0.6 is 0 Å². The van der Waals surface area contributed by atoms with Gasteiger partial charge in [-0.15, -0.1) is 58.7 Å². The molecule has 10 rings (SSSR count). The van der Waals surface area contributed by atoms with Crippen LogP contribution < -0.4 is 9.47 Å². The van der Waals surface area contributed by atoms with Crippen molar-refractivity contribution in [1.29, 1.82) is 0 Å². The fourth-order valence-corrected chi connectivity index (χ4v) is 7.87. The molecule has 4 aromatic heterocycles. The van der Waals surface area contributed by atoms with E-state index in [-0.39, 0.29) is 42.1 Å². The molecular formula is C54H37N5O2Pt2. The molecule has 0 amide bonds. The molecule has 0 radical (unpaired) electrons. The van der Waals surface area contributed by atoms with E-state index in [1.165, 1.54) is 0 Å². The topological polar surface area (TPSA) is 75.0 Å². The minimum Gasteiger partial charge on any atom is -0.502 e. The molecule has 4 heterocycles. The third-order valence-electron chi connectivity index (χ3n) is 10.7. The fraction of sp³-hybridized carbons (Fsp3) is 0.0741. The Morgan fingerprint density at radius 1 is 0.460 bits per heavy atom. The molecule has 0 atom stereocenters. The summed E-state index contributed by atoms with van der Waals surface area (Å²) in [6.07, 6.45) is 8.62. The molecule has 0 fully saturated rings. The van der Waals surface area contributed by atoms with Crippen LogP contribution in [0.15, 0.2) is 164 Å². The summed E-state index contributed by atoms with van der Waals surface area (Å²) in [4.78, 5) is 18.7. The van der Waals surface area contributed by atoms with Crippen LogP contribution in [0, 0.1) is 24.3 Å². The number of rotatable bonds is 11. The van der Waals surface area contributed by atoms with Crippen LogP contribution in [0.5, 0.6) is 23.0 Å². The van der Waals surface area contributed by atoms with E-state index < -0.39 is 0 Å². The Morgan fingerprint density at radius 2 is 0.889 bits per heavy atom. The van der Waals surface area contributed by atoms with Crippen molar-refractivity contribution in [2.45, 2.75) is 26.7 Å². The summed E-state index contributed by atoms with van der Waals surface area (Å²) in [5.74, 6) is 2.67. The van der Waals surface area contributed by atoms with Crippen molar-refractivity contribution in [3.63, 3.8) is 0 Å². The van der Waals surface area contributed by atoms with Crippen molar-refractivity contribution in [2.75, 3.05) is 0 Å². The van der Waals surface area contributed by atoms with Gasteiger partial charge in [0, 0.05) is 47.8 Å². The molecule has 0 bridgehead atoms. The van der Waals surface area contributed by atoms with Crippen LogP contribution in [0.4, 0.5) is 0 Å². The van der Waals surface area contributed by atoms with Crippen LogP contribution in [0.3, 0.4) is 0 Å². The van der Waals surface area contributed by atoms with Crippen LogP contribution in [0.2, 0.25) is 0 Å². The van der Waals surface area contributed by atoms with Crippen LogP contribution in [0.1, 0.15) is 25.0 Å². The number of ether oxygens (including phenoxy) is 2. The summed E-state index contributed by atoms with van der Waals surface area (Å²) < 4.78 is 15.7. The Balaban J connectivity index is 0.00000272. The number of aryl methyl sites for hydroxylation is 2. The molecule has 7 nitrogen and oxygen atoms in total. The van der Waals surface area contributed by atoms with Gasteiger partial charge in [-0.1, -0.05) is 144 Å². The maximum Gasteiger partial charge on any atom is 2.00 e. The summed E-state index contributed by atoms with van der Waals surface area (Å²) in [7, 11) is 0. The van der Waals surface area contributed by atoms with E-state index in [1.807, 2.05) is 102 Å². The third-order valence-corrected chi connectivity index (χ3v) is 10.7. The minimum absolute atomic E-state index is 0. The van der Waals surface area contributed by atoms with Gasteiger partial charge in [-0.2, -0.15) is 22.9 Å². The second kappa shape index (κ2) is 19.3. The molecule has 63 heavy (non-hydrogen) atoms. The molecule has 0 aliphatic carbocycles. The zero-order chi connectivity index (χ0) is 41.1. The molecule has 0 aliphatic rings. The average molecular weight is 1180 g/mol. The Kier molecular flexibility index (Phi) is 13.2. The van der Waals surface area contributed by atoms with Gasteiger partial charge < -0.3 is 24.0 Å². The molecule has 10 aromatic rings. The molecule has 0 saturated heterocycles. The van der Waals surface area contributed by atoms with Crippen LogP contribution in [-0.2, 0) is 55.0 Å². The summed E-state index contributed by atoms with van der Waals surface area (Å²) >= 11 is 0. The molecule has 0 aliphatic heterocycles. The SMILES string of the molecule is CCc1cc(-c2ccccn2)[c-]c(Oc2[c-]c3c(cc2)c2ccc(Oc4[c-]c(-c5ccccn5)cc(CC)c4-c4ccccc4)[c-]c2n3-c2ncccn2)c1-c1ccccc1.[Pt+2].[Pt+2]. The van der Waals surface area contributed by atoms with Crippen molar-refractivity contribution in [1.82, 2.24) is 24.5 Å². The number of benzene rings is 6. The van der Waals surface area contributed by atoms with Crippen LogP contribution in [0.25, 0.3) is 72.5 Å². The molecule has 310 valence electrons. The fourth-order valence-electron chi connectivity index (χ4n) is 7.87. The minimum atomic E-state index is 0. The van der Waals surface area contributed by atoms with Crippen molar-refractivity contribution in [3.8, 4) is 73.7 Å². The van der Waals surface area contributed by atoms with Gasteiger partial charge in [0.1, 0.15) is 0 Å². The predicted octanol–water partition coefficient (Wildman–Crippen LogP) is 12.9. The second-order valence-electron chi connectivity index (χ2n) is 14.5. The van der Waals surface area contributed by atoms with Gasteiger partial charge in [-0.25, -0.2) is 9.97 Å². The van der Waals surface area contributed by atoms with Crippen molar-refractivity contribution < 1.29 is 51.6 Å². The van der Waals surface area contributed by atoms with Crippen molar-refractivity contribution in [3.05, 3.63) is 200 Å². The maximum atomic E-state index is 6.85. The van der Waals surface area contributed by atoms with Gasteiger partial charge in [-0.3, -0.25) is 0 Å². The van der Waals surface area contributed by atoms with Gasteiger partial charge >= 0.3 is 42.1 Å². The number of hydrogen-bond acceptors (Lipinski definition) is 6. The van der Waals surface area contributed by atoms with E-state index in [0.717, 1.165) is 90.5 Å².